The number of hydrogen-bond donors (Lipinski definition) is 2. The maximum Gasteiger partial charge on any atom is 0.259 e. The summed E-state index contributed by atoms with van der Waals surface area (Å²) in [6.45, 7) is -0.220. The van der Waals surface area contributed by atoms with E-state index in [1.807, 2.05) is 60.7 Å². The van der Waals surface area contributed by atoms with Crippen LogP contribution in [-0.4, -0.2) is 24.6 Å². The third kappa shape index (κ3) is 5.69. The van der Waals surface area contributed by atoms with E-state index in [2.05, 4.69) is 15.8 Å². The number of carbonyl (C=O) groups is 2. The molecular formula is C23H19Cl2N3O2. The summed E-state index contributed by atoms with van der Waals surface area (Å²) < 4.78 is 0. The smallest absolute Gasteiger partial charge is 0.259 e. The topological polar surface area (TPSA) is 70.6 Å². The molecule has 0 aliphatic heterocycles. The van der Waals surface area contributed by atoms with Crippen molar-refractivity contribution in [3.8, 4) is 0 Å². The van der Waals surface area contributed by atoms with Gasteiger partial charge in [-0.25, -0.2) is 5.43 Å². The van der Waals surface area contributed by atoms with Crippen LogP contribution in [0, 0.1) is 0 Å². The summed E-state index contributed by atoms with van der Waals surface area (Å²) >= 11 is 12.1. The Bertz CT molecular complexity index is 981. The molecule has 3 rings (SSSR count). The second kappa shape index (κ2) is 10.6. The Kier molecular flexibility index (Phi) is 7.60. The number of carbonyl (C=O) groups excluding carboxylic acids is 2. The largest absolute Gasteiger partial charge is 0.346 e. The molecule has 0 atom stereocenters. The van der Waals surface area contributed by atoms with Crippen molar-refractivity contribution in [1.29, 1.82) is 0 Å². The van der Waals surface area contributed by atoms with Crippen molar-refractivity contribution < 1.29 is 9.59 Å². The van der Waals surface area contributed by atoms with E-state index in [9.17, 15) is 9.59 Å². The fraction of sp³-hybridized carbons (Fsp3) is 0.0870. The number of benzene rings is 3. The van der Waals surface area contributed by atoms with E-state index in [1.165, 1.54) is 6.21 Å². The zero-order chi connectivity index (χ0) is 21.3. The average molecular weight is 440 g/mol. The second-order valence-corrected chi connectivity index (χ2v) is 7.22. The van der Waals surface area contributed by atoms with Gasteiger partial charge in [-0.2, -0.15) is 5.10 Å². The zero-order valence-corrected chi connectivity index (χ0v) is 17.4. The number of rotatable bonds is 7. The lowest BCUT2D eigenvalue weighted by Gasteiger charge is -2.17. The molecule has 2 N–H and O–H groups in total. The molecule has 0 heterocycles. The zero-order valence-electron chi connectivity index (χ0n) is 15.9. The highest BCUT2D eigenvalue weighted by molar-refractivity contribution is 6.38. The molecule has 2 amide bonds. The SMILES string of the molecule is O=C(CNC(=O)C(c1ccccc1)c1ccccc1)N/N=C\c1c(Cl)cccc1Cl. The standard InChI is InChI=1S/C23H19Cl2N3O2/c24-19-12-7-13-20(25)18(19)14-27-28-21(29)15-26-23(30)22(16-8-3-1-4-9-16)17-10-5-2-6-11-17/h1-14,22H,15H2,(H,26,30)(H,28,29)/b27-14-. The highest BCUT2D eigenvalue weighted by Gasteiger charge is 2.22. The molecule has 0 spiro atoms. The van der Waals surface area contributed by atoms with E-state index in [4.69, 9.17) is 23.2 Å². The fourth-order valence-corrected chi connectivity index (χ4v) is 3.39. The third-order valence-electron chi connectivity index (χ3n) is 4.33. The Balaban J connectivity index is 1.63. The minimum absolute atomic E-state index is 0.220. The molecule has 0 saturated heterocycles. The summed E-state index contributed by atoms with van der Waals surface area (Å²) in [6.07, 6.45) is 1.36. The predicted molar refractivity (Wildman–Crippen MR) is 120 cm³/mol. The number of hydrogen-bond acceptors (Lipinski definition) is 3. The van der Waals surface area contributed by atoms with Crippen molar-refractivity contribution >= 4 is 41.2 Å². The van der Waals surface area contributed by atoms with Gasteiger partial charge in [0.25, 0.3) is 5.91 Å². The molecule has 5 nitrogen and oxygen atoms in total. The quantitative estimate of drug-likeness (QED) is 0.423. The minimum atomic E-state index is -0.523. The van der Waals surface area contributed by atoms with Crippen LogP contribution >= 0.6 is 23.2 Å². The van der Waals surface area contributed by atoms with Crippen molar-refractivity contribution in [2.75, 3.05) is 6.54 Å². The van der Waals surface area contributed by atoms with E-state index in [1.54, 1.807) is 18.2 Å². The van der Waals surface area contributed by atoms with Gasteiger partial charge in [-0.15, -0.1) is 0 Å². The summed E-state index contributed by atoms with van der Waals surface area (Å²) in [5.41, 5.74) is 4.54. The van der Waals surface area contributed by atoms with E-state index >= 15 is 0 Å². The summed E-state index contributed by atoms with van der Waals surface area (Å²) in [6, 6.07) is 23.9. The number of amides is 2. The fourth-order valence-electron chi connectivity index (χ4n) is 2.90. The van der Waals surface area contributed by atoms with Crippen LogP contribution in [0.3, 0.4) is 0 Å². The van der Waals surface area contributed by atoms with Crippen molar-refractivity contribution in [3.63, 3.8) is 0 Å². The Morgan fingerprint density at radius 2 is 1.37 bits per heavy atom. The summed E-state index contributed by atoms with van der Waals surface area (Å²) in [5.74, 6) is -1.27. The van der Waals surface area contributed by atoms with Crippen LogP contribution in [0.5, 0.6) is 0 Å². The summed E-state index contributed by atoms with van der Waals surface area (Å²) in [7, 11) is 0. The van der Waals surface area contributed by atoms with E-state index in [-0.39, 0.29) is 12.5 Å². The minimum Gasteiger partial charge on any atom is -0.346 e. The van der Waals surface area contributed by atoms with Gasteiger partial charge >= 0.3 is 0 Å². The number of nitrogens with one attached hydrogen (secondary N) is 2. The van der Waals surface area contributed by atoms with Gasteiger partial charge in [-0.3, -0.25) is 9.59 Å². The maximum atomic E-state index is 12.9. The molecule has 0 radical (unpaired) electrons. The molecule has 0 aromatic heterocycles. The van der Waals surface area contributed by atoms with Gasteiger partial charge in [0.2, 0.25) is 5.91 Å². The number of halogens is 2. The Morgan fingerprint density at radius 3 is 1.90 bits per heavy atom. The molecule has 3 aromatic rings. The molecule has 30 heavy (non-hydrogen) atoms. The van der Waals surface area contributed by atoms with Crippen LogP contribution < -0.4 is 10.7 Å². The number of nitrogens with zero attached hydrogens (tertiary/aromatic N) is 1. The van der Waals surface area contributed by atoms with Gasteiger partial charge in [0, 0.05) is 5.56 Å². The van der Waals surface area contributed by atoms with Crippen molar-refractivity contribution in [3.05, 3.63) is 106 Å². The molecule has 7 heteroatoms. The number of hydrazone groups is 1. The van der Waals surface area contributed by atoms with Gasteiger partial charge < -0.3 is 5.32 Å². The Morgan fingerprint density at radius 1 is 0.833 bits per heavy atom. The second-order valence-electron chi connectivity index (χ2n) is 6.40. The highest BCUT2D eigenvalue weighted by atomic mass is 35.5. The first-order valence-electron chi connectivity index (χ1n) is 9.20. The van der Waals surface area contributed by atoms with Crippen LogP contribution in [0.15, 0.2) is 84.0 Å². The molecule has 0 fully saturated rings. The molecule has 0 aliphatic rings. The molecule has 3 aromatic carbocycles. The first-order valence-corrected chi connectivity index (χ1v) is 9.95. The highest BCUT2D eigenvalue weighted by Crippen LogP contribution is 2.24. The molecule has 0 saturated carbocycles. The molecule has 152 valence electrons. The first-order chi connectivity index (χ1) is 14.6. The normalized spacial score (nSPS) is 10.9. The van der Waals surface area contributed by atoms with Crippen molar-refractivity contribution in [2.45, 2.75) is 5.92 Å². The third-order valence-corrected chi connectivity index (χ3v) is 4.99. The van der Waals surface area contributed by atoms with E-state index in [0.29, 0.717) is 15.6 Å². The monoisotopic (exact) mass is 439 g/mol. The maximum absolute atomic E-state index is 12.9. The van der Waals surface area contributed by atoms with Gasteiger partial charge in [-0.1, -0.05) is 89.9 Å². The Hall–Kier alpha value is -3.15. The predicted octanol–water partition coefficient (Wildman–Crippen LogP) is 4.39. The van der Waals surface area contributed by atoms with Gasteiger partial charge in [-0.05, 0) is 23.3 Å². The lowest BCUT2D eigenvalue weighted by atomic mass is 9.90. The van der Waals surface area contributed by atoms with Crippen molar-refractivity contribution in [2.24, 2.45) is 5.10 Å². The van der Waals surface area contributed by atoms with Crippen LogP contribution in [0.4, 0.5) is 0 Å². The van der Waals surface area contributed by atoms with Crippen LogP contribution in [0.2, 0.25) is 10.0 Å². The summed E-state index contributed by atoms with van der Waals surface area (Å²) in [5, 5.41) is 7.37. The molecule has 0 unspecified atom stereocenters. The van der Waals surface area contributed by atoms with E-state index < -0.39 is 11.8 Å². The lowest BCUT2D eigenvalue weighted by molar-refractivity contribution is -0.126. The Labute approximate surface area is 184 Å². The molecule has 0 aliphatic carbocycles. The molecular weight excluding hydrogens is 421 g/mol. The van der Waals surface area contributed by atoms with Crippen LogP contribution in [0.1, 0.15) is 22.6 Å². The van der Waals surface area contributed by atoms with Gasteiger partial charge in [0.1, 0.15) is 0 Å². The summed E-state index contributed by atoms with van der Waals surface area (Å²) in [4.78, 5) is 25.0. The van der Waals surface area contributed by atoms with Crippen LogP contribution in [-0.2, 0) is 9.59 Å². The van der Waals surface area contributed by atoms with E-state index in [0.717, 1.165) is 11.1 Å². The van der Waals surface area contributed by atoms with Crippen molar-refractivity contribution in [1.82, 2.24) is 10.7 Å². The van der Waals surface area contributed by atoms with Gasteiger partial charge in [0.15, 0.2) is 0 Å². The lowest BCUT2D eigenvalue weighted by Crippen LogP contribution is -2.37. The average Bonchev–Trinajstić information content (AvgIpc) is 2.76. The molecule has 0 bridgehead atoms. The van der Waals surface area contributed by atoms with Crippen LogP contribution in [0.25, 0.3) is 0 Å². The first kappa shape index (κ1) is 21.6. The van der Waals surface area contributed by atoms with Gasteiger partial charge in [0.05, 0.1) is 28.7 Å².